The van der Waals surface area contributed by atoms with Crippen molar-refractivity contribution in [2.75, 3.05) is 12.4 Å². The van der Waals surface area contributed by atoms with E-state index in [1.54, 1.807) is 12.1 Å². The lowest BCUT2D eigenvalue weighted by molar-refractivity contribution is 0.0601. The molecule has 0 bridgehead atoms. The van der Waals surface area contributed by atoms with Gasteiger partial charge >= 0.3 is 5.97 Å². The number of hydrogen-bond donors (Lipinski definition) is 1. The van der Waals surface area contributed by atoms with Gasteiger partial charge in [-0.05, 0) is 30.3 Å². The summed E-state index contributed by atoms with van der Waals surface area (Å²) in [5.74, 6) is 0.427. The molecular formula is C14H12N2O2. The molecule has 1 aliphatic heterocycles. The topological polar surface area (TPSA) is 43.3 Å². The number of aromatic nitrogens is 1. The Morgan fingerprint density at radius 2 is 2.22 bits per heavy atom. The molecule has 2 aromatic rings. The molecule has 90 valence electrons. The monoisotopic (exact) mass is 240 g/mol. The molecule has 0 saturated carbocycles. The van der Waals surface area contributed by atoms with Crippen LogP contribution >= 0.6 is 0 Å². The molecule has 4 nitrogen and oxygen atoms in total. The van der Waals surface area contributed by atoms with Crippen molar-refractivity contribution in [3.05, 3.63) is 48.7 Å². The van der Waals surface area contributed by atoms with Gasteiger partial charge in [-0.15, -0.1) is 0 Å². The standard InChI is InChI=1S/C14H12N2O2/c1-9-15-12-8-10(14(17)18-2)5-6-11(12)13-4-3-7-16(9)13/h3-8,15H,1H2,2H3. The summed E-state index contributed by atoms with van der Waals surface area (Å²) in [4.78, 5) is 11.5. The highest BCUT2D eigenvalue weighted by atomic mass is 16.5. The summed E-state index contributed by atoms with van der Waals surface area (Å²) >= 11 is 0. The average molecular weight is 240 g/mol. The molecular weight excluding hydrogens is 228 g/mol. The van der Waals surface area contributed by atoms with E-state index in [0.717, 1.165) is 22.8 Å². The number of nitrogens with zero attached hydrogens (tertiary/aromatic N) is 1. The summed E-state index contributed by atoms with van der Waals surface area (Å²) in [5, 5.41) is 3.18. The predicted octanol–water partition coefficient (Wildman–Crippen LogP) is 2.80. The van der Waals surface area contributed by atoms with Crippen LogP contribution in [0.5, 0.6) is 0 Å². The summed E-state index contributed by atoms with van der Waals surface area (Å²) in [7, 11) is 1.37. The number of methoxy groups -OCH3 is 1. The maximum absolute atomic E-state index is 11.5. The lowest BCUT2D eigenvalue weighted by Gasteiger charge is -2.23. The highest BCUT2D eigenvalue weighted by Crippen LogP contribution is 2.36. The molecule has 3 rings (SSSR count). The van der Waals surface area contributed by atoms with Gasteiger partial charge in [0.05, 0.1) is 18.4 Å². The predicted molar refractivity (Wildman–Crippen MR) is 70.2 cm³/mol. The quantitative estimate of drug-likeness (QED) is 0.779. The van der Waals surface area contributed by atoms with E-state index in [0.29, 0.717) is 5.56 Å². The van der Waals surface area contributed by atoms with Gasteiger partial charge in [0.15, 0.2) is 0 Å². The van der Waals surface area contributed by atoms with Crippen molar-refractivity contribution in [3.8, 4) is 11.3 Å². The van der Waals surface area contributed by atoms with Gasteiger partial charge in [-0.3, -0.25) is 0 Å². The van der Waals surface area contributed by atoms with Crippen LogP contribution in [0.3, 0.4) is 0 Å². The van der Waals surface area contributed by atoms with Crippen molar-refractivity contribution in [3.63, 3.8) is 0 Å². The summed E-state index contributed by atoms with van der Waals surface area (Å²) in [5.41, 5.74) is 3.50. The fraction of sp³-hybridized carbons (Fsp3) is 0.0714. The summed E-state index contributed by atoms with van der Waals surface area (Å²) in [6, 6.07) is 9.43. The number of carbonyl (C=O) groups excluding carboxylic acids is 1. The van der Waals surface area contributed by atoms with Crippen LogP contribution < -0.4 is 5.32 Å². The molecule has 1 N–H and O–H groups in total. The van der Waals surface area contributed by atoms with E-state index in [9.17, 15) is 4.79 Å². The number of hydrogen-bond acceptors (Lipinski definition) is 3. The van der Waals surface area contributed by atoms with Gasteiger partial charge in [-0.25, -0.2) is 4.79 Å². The van der Waals surface area contributed by atoms with Crippen LogP contribution in [-0.4, -0.2) is 17.6 Å². The van der Waals surface area contributed by atoms with Crippen molar-refractivity contribution in [1.29, 1.82) is 0 Å². The zero-order valence-corrected chi connectivity index (χ0v) is 9.93. The van der Waals surface area contributed by atoms with Crippen molar-refractivity contribution < 1.29 is 9.53 Å². The molecule has 1 aliphatic rings. The minimum atomic E-state index is -0.342. The number of ether oxygens (including phenoxy) is 1. The van der Waals surface area contributed by atoms with Crippen LogP contribution in [0.4, 0.5) is 5.69 Å². The minimum absolute atomic E-state index is 0.342. The van der Waals surface area contributed by atoms with E-state index in [1.807, 2.05) is 29.0 Å². The number of benzene rings is 1. The molecule has 18 heavy (non-hydrogen) atoms. The smallest absolute Gasteiger partial charge is 0.337 e. The lowest BCUT2D eigenvalue weighted by Crippen LogP contribution is -2.13. The summed E-state index contributed by atoms with van der Waals surface area (Å²) < 4.78 is 6.69. The second kappa shape index (κ2) is 3.77. The fourth-order valence-electron chi connectivity index (χ4n) is 2.17. The highest BCUT2D eigenvalue weighted by Gasteiger charge is 2.19. The second-order valence-electron chi connectivity index (χ2n) is 4.09. The summed E-state index contributed by atoms with van der Waals surface area (Å²) in [6.45, 7) is 3.96. The van der Waals surface area contributed by atoms with Gasteiger partial charge in [0, 0.05) is 17.4 Å². The first-order chi connectivity index (χ1) is 8.70. The first kappa shape index (κ1) is 10.7. The van der Waals surface area contributed by atoms with Crippen molar-refractivity contribution >= 4 is 17.5 Å². The maximum atomic E-state index is 11.5. The normalized spacial score (nSPS) is 12.4. The van der Waals surface area contributed by atoms with E-state index >= 15 is 0 Å². The zero-order chi connectivity index (χ0) is 12.7. The molecule has 0 aliphatic carbocycles. The van der Waals surface area contributed by atoms with E-state index in [1.165, 1.54) is 7.11 Å². The average Bonchev–Trinajstić information content (AvgIpc) is 2.87. The minimum Gasteiger partial charge on any atom is -0.465 e. The van der Waals surface area contributed by atoms with Gasteiger partial charge in [0.1, 0.15) is 5.82 Å². The third-order valence-electron chi connectivity index (χ3n) is 3.04. The number of fused-ring (bicyclic) bond motifs is 3. The van der Waals surface area contributed by atoms with Gasteiger partial charge in [-0.1, -0.05) is 6.58 Å². The fourth-order valence-corrected chi connectivity index (χ4v) is 2.17. The van der Waals surface area contributed by atoms with Gasteiger partial charge in [0.25, 0.3) is 0 Å². The molecule has 2 heterocycles. The van der Waals surface area contributed by atoms with Crippen molar-refractivity contribution in [2.24, 2.45) is 0 Å². The van der Waals surface area contributed by atoms with Crippen LogP contribution in [0.2, 0.25) is 0 Å². The van der Waals surface area contributed by atoms with Gasteiger partial charge in [0.2, 0.25) is 0 Å². The molecule has 4 heteroatoms. The molecule has 1 aromatic heterocycles. The Bertz CT molecular complexity index is 656. The van der Waals surface area contributed by atoms with Crippen molar-refractivity contribution in [1.82, 2.24) is 4.57 Å². The Labute approximate surface area is 104 Å². The Kier molecular flexibility index (Phi) is 2.23. The molecule has 0 saturated heterocycles. The Morgan fingerprint density at radius 3 is 3.00 bits per heavy atom. The first-order valence-corrected chi connectivity index (χ1v) is 5.57. The number of anilines is 1. The van der Waals surface area contributed by atoms with E-state index in [4.69, 9.17) is 4.74 Å². The third-order valence-corrected chi connectivity index (χ3v) is 3.04. The first-order valence-electron chi connectivity index (χ1n) is 5.57. The molecule has 0 unspecified atom stereocenters. The molecule has 0 amide bonds. The highest BCUT2D eigenvalue weighted by molar-refractivity contribution is 5.95. The Hall–Kier alpha value is -2.49. The molecule has 0 radical (unpaired) electrons. The number of nitrogens with one attached hydrogen (secondary N) is 1. The zero-order valence-electron chi connectivity index (χ0n) is 9.93. The largest absolute Gasteiger partial charge is 0.465 e. The third kappa shape index (κ3) is 1.43. The van der Waals surface area contributed by atoms with Crippen LogP contribution in [-0.2, 0) is 4.74 Å². The second-order valence-corrected chi connectivity index (χ2v) is 4.09. The van der Waals surface area contributed by atoms with Crippen LogP contribution in [0.15, 0.2) is 43.1 Å². The lowest BCUT2D eigenvalue weighted by atomic mass is 10.0. The number of esters is 1. The van der Waals surface area contributed by atoms with Gasteiger partial charge in [-0.2, -0.15) is 0 Å². The Balaban J connectivity index is 2.15. The van der Waals surface area contributed by atoms with Crippen LogP contribution in [0, 0.1) is 0 Å². The van der Waals surface area contributed by atoms with E-state index in [-0.39, 0.29) is 5.97 Å². The Morgan fingerprint density at radius 1 is 1.39 bits per heavy atom. The SMILES string of the molecule is C=C1Nc2cc(C(=O)OC)ccc2-c2cccn21. The molecule has 1 aromatic carbocycles. The molecule has 0 spiro atoms. The summed E-state index contributed by atoms with van der Waals surface area (Å²) in [6.07, 6.45) is 1.95. The van der Waals surface area contributed by atoms with Gasteiger partial charge < -0.3 is 14.6 Å². The van der Waals surface area contributed by atoms with E-state index in [2.05, 4.69) is 11.9 Å². The maximum Gasteiger partial charge on any atom is 0.337 e. The van der Waals surface area contributed by atoms with E-state index < -0.39 is 0 Å². The van der Waals surface area contributed by atoms with Crippen LogP contribution in [0.1, 0.15) is 10.4 Å². The number of rotatable bonds is 1. The molecule has 0 atom stereocenters. The number of carbonyl (C=O) groups is 1. The van der Waals surface area contributed by atoms with Crippen LogP contribution in [0.25, 0.3) is 17.1 Å². The molecule has 0 fully saturated rings. The van der Waals surface area contributed by atoms with Crippen molar-refractivity contribution in [2.45, 2.75) is 0 Å².